The smallest absolute Gasteiger partial charge is 0.417 e. The number of fused-ring (bicyclic) bond motifs is 3. The lowest BCUT2D eigenvalue weighted by Gasteiger charge is -2.50. The number of aliphatic hydroxyl groups excluding tert-OH is 2. The number of ketones is 2. The van der Waals surface area contributed by atoms with Gasteiger partial charge in [0.25, 0.3) is 5.91 Å². The standard InChI is InChI=1S/C33H44F3N3O7/c1-9-39(31(5,6)14-30(2,3)4)13-16-12-19(40)21-17(23(16)33(34,35)36)10-15-11-18-24(38(7)8)26(42)22(29(37)45)28(44)32(18,46)27(43)20(15)25(21)41/h12,15,18,24,40-41,44,46H,9-11,13-14H2,1-8H3,(H2,37,45)/t15-,18-,24-,32-/m0/s1. The normalized spacial score (nSPS) is 25.7. The third kappa shape index (κ3) is 5.60. The number of nitrogens with two attached hydrogens (primary N) is 1. The first kappa shape index (κ1) is 35.4. The van der Waals surface area contributed by atoms with Crippen molar-refractivity contribution < 1.29 is 48.0 Å². The summed E-state index contributed by atoms with van der Waals surface area (Å²) in [6, 6.07) is -0.397. The molecule has 6 N–H and O–H groups in total. The first-order valence-corrected chi connectivity index (χ1v) is 15.2. The molecule has 1 aromatic carbocycles. The van der Waals surface area contributed by atoms with Gasteiger partial charge in [-0.2, -0.15) is 13.2 Å². The Hall–Kier alpha value is -3.42. The number of carbonyl (C=O) groups is 3. The van der Waals surface area contributed by atoms with Crippen LogP contribution in [0.25, 0.3) is 5.76 Å². The van der Waals surface area contributed by atoms with Crippen molar-refractivity contribution in [1.29, 1.82) is 0 Å². The van der Waals surface area contributed by atoms with Gasteiger partial charge in [0.05, 0.1) is 17.2 Å². The predicted octanol–water partition coefficient (Wildman–Crippen LogP) is 4.02. The second-order valence-corrected chi connectivity index (χ2v) is 14.8. The molecular formula is C33H44F3N3O7. The van der Waals surface area contributed by atoms with Crippen LogP contribution in [0.1, 0.15) is 76.6 Å². The minimum atomic E-state index is -4.91. The number of aromatic hydroxyl groups is 1. The monoisotopic (exact) mass is 651 g/mol. The molecule has 1 saturated carbocycles. The van der Waals surface area contributed by atoms with E-state index < -0.39 is 104 Å². The van der Waals surface area contributed by atoms with Crippen LogP contribution in [0.5, 0.6) is 5.75 Å². The summed E-state index contributed by atoms with van der Waals surface area (Å²) in [6.45, 7) is 12.1. The Morgan fingerprint density at radius 3 is 2.15 bits per heavy atom. The van der Waals surface area contributed by atoms with E-state index in [9.17, 15) is 48.0 Å². The lowest BCUT2D eigenvalue weighted by Crippen LogP contribution is -2.65. The maximum Gasteiger partial charge on any atom is 0.417 e. The van der Waals surface area contributed by atoms with Crippen molar-refractivity contribution in [1.82, 2.24) is 9.80 Å². The average Bonchev–Trinajstić information content (AvgIpc) is 2.86. The van der Waals surface area contributed by atoms with Crippen LogP contribution in [0.15, 0.2) is 23.0 Å². The molecule has 3 aliphatic carbocycles. The second-order valence-electron chi connectivity index (χ2n) is 14.8. The Kier molecular flexibility index (Phi) is 8.76. The van der Waals surface area contributed by atoms with Crippen LogP contribution in [0.4, 0.5) is 13.2 Å². The van der Waals surface area contributed by atoms with E-state index in [0.717, 1.165) is 6.07 Å². The molecule has 4 atom stereocenters. The highest BCUT2D eigenvalue weighted by Gasteiger charge is 2.64. The number of amides is 1. The molecular weight excluding hydrogens is 607 g/mol. The fourth-order valence-electron chi connectivity index (χ4n) is 8.23. The number of phenolic OH excluding ortho intramolecular Hbond substituents is 1. The number of alkyl halides is 3. The molecule has 0 radical (unpaired) electrons. The maximum absolute atomic E-state index is 15.0. The van der Waals surface area contributed by atoms with Gasteiger partial charge in [0.15, 0.2) is 11.4 Å². The zero-order valence-corrected chi connectivity index (χ0v) is 27.5. The molecule has 4 rings (SSSR count). The third-order valence-electron chi connectivity index (χ3n) is 9.65. The number of aliphatic hydroxyl groups is 3. The Morgan fingerprint density at radius 1 is 1.09 bits per heavy atom. The topological polar surface area (TPSA) is 165 Å². The highest BCUT2D eigenvalue weighted by Crippen LogP contribution is 2.54. The quantitative estimate of drug-likeness (QED) is 0.274. The van der Waals surface area contributed by atoms with E-state index in [1.165, 1.54) is 19.0 Å². The maximum atomic E-state index is 15.0. The molecule has 1 amide bonds. The van der Waals surface area contributed by atoms with E-state index >= 15 is 0 Å². The van der Waals surface area contributed by atoms with Crippen LogP contribution in [-0.4, -0.2) is 85.5 Å². The highest BCUT2D eigenvalue weighted by atomic mass is 19.4. The predicted molar refractivity (Wildman–Crippen MR) is 163 cm³/mol. The molecule has 1 fully saturated rings. The molecule has 0 spiro atoms. The molecule has 254 valence electrons. The number of benzene rings is 1. The lowest BCUT2D eigenvalue weighted by molar-refractivity contribution is -0.153. The van der Waals surface area contributed by atoms with E-state index in [4.69, 9.17) is 5.73 Å². The van der Waals surface area contributed by atoms with Crippen LogP contribution in [0, 0.1) is 17.3 Å². The SMILES string of the molecule is CCN(Cc1cc(O)c2c(c1C(F)(F)F)C[C@H]1C[C@H]3[C@H](N(C)C)C(=O)C(C(N)=O)=C(O)[C@@]3(O)C(=O)C1=C2O)C(C)(C)CC(C)(C)C. The Labute approximate surface area is 266 Å². The van der Waals surface area contributed by atoms with Gasteiger partial charge in [-0.15, -0.1) is 0 Å². The Bertz CT molecular complexity index is 1550. The van der Waals surface area contributed by atoms with E-state index in [-0.39, 0.29) is 23.9 Å². The van der Waals surface area contributed by atoms with Crippen molar-refractivity contribution in [3.05, 3.63) is 45.2 Å². The van der Waals surface area contributed by atoms with Crippen molar-refractivity contribution in [2.24, 2.45) is 23.0 Å². The van der Waals surface area contributed by atoms with Crippen molar-refractivity contribution in [3.63, 3.8) is 0 Å². The van der Waals surface area contributed by atoms with Gasteiger partial charge >= 0.3 is 6.18 Å². The van der Waals surface area contributed by atoms with Crippen LogP contribution >= 0.6 is 0 Å². The van der Waals surface area contributed by atoms with Crippen molar-refractivity contribution >= 4 is 23.2 Å². The van der Waals surface area contributed by atoms with Gasteiger partial charge in [-0.1, -0.05) is 27.7 Å². The summed E-state index contributed by atoms with van der Waals surface area (Å²) in [5.74, 6) is -9.05. The Morgan fingerprint density at radius 2 is 1.67 bits per heavy atom. The largest absolute Gasteiger partial charge is 0.508 e. The molecule has 46 heavy (non-hydrogen) atoms. The summed E-state index contributed by atoms with van der Waals surface area (Å²) in [6.07, 6.45) is -5.02. The minimum absolute atomic E-state index is 0.128. The number of halogens is 3. The van der Waals surface area contributed by atoms with Gasteiger partial charge in [0, 0.05) is 23.6 Å². The molecule has 0 aromatic heterocycles. The van der Waals surface area contributed by atoms with Crippen LogP contribution in [0.2, 0.25) is 0 Å². The summed E-state index contributed by atoms with van der Waals surface area (Å²) in [7, 11) is 2.89. The first-order chi connectivity index (χ1) is 20.9. The molecule has 10 nitrogen and oxygen atoms in total. The summed E-state index contributed by atoms with van der Waals surface area (Å²) in [5, 5.41) is 45.2. The molecule has 1 aromatic rings. The van der Waals surface area contributed by atoms with Crippen LogP contribution in [0.3, 0.4) is 0 Å². The lowest BCUT2D eigenvalue weighted by atomic mass is 9.57. The van der Waals surface area contributed by atoms with Crippen molar-refractivity contribution in [2.75, 3.05) is 20.6 Å². The minimum Gasteiger partial charge on any atom is -0.508 e. The molecule has 0 saturated heterocycles. The van der Waals surface area contributed by atoms with Gasteiger partial charge in [-0.25, -0.2) is 0 Å². The van der Waals surface area contributed by atoms with E-state index in [2.05, 4.69) is 0 Å². The van der Waals surface area contributed by atoms with Gasteiger partial charge in [-0.3, -0.25) is 24.2 Å². The number of hydrogen-bond acceptors (Lipinski definition) is 9. The zero-order chi connectivity index (χ0) is 35.1. The Balaban J connectivity index is 1.94. The number of phenols is 1. The number of Topliss-reactive ketones (excluding diaryl/α,β-unsaturated/α-hetero) is 2. The summed E-state index contributed by atoms with van der Waals surface area (Å²) < 4.78 is 45.0. The van der Waals surface area contributed by atoms with Gasteiger partial charge < -0.3 is 26.2 Å². The number of carbonyl (C=O) groups excluding carboxylic acids is 3. The van der Waals surface area contributed by atoms with Crippen LogP contribution in [-0.2, 0) is 33.5 Å². The van der Waals surface area contributed by atoms with Crippen molar-refractivity contribution in [3.8, 4) is 5.75 Å². The van der Waals surface area contributed by atoms with Gasteiger partial charge in [0.1, 0.15) is 22.8 Å². The average molecular weight is 652 g/mol. The third-order valence-corrected chi connectivity index (χ3v) is 9.65. The molecule has 0 heterocycles. The number of primary amides is 1. The fourth-order valence-corrected chi connectivity index (χ4v) is 8.23. The van der Waals surface area contributed by atoms with Crippen LogP contribution < -0.4 is 5.73 Å². The number of rotatable bonds is 7. The first-order valence-electron chi connectivity index (χ1n) is 15.2. The molecule has 0 unspecified atom stereocenters. The number of likely N-dealkylation sites (N-methyl/N-ethyl adjacent to an activating group) is 1. The number of hydrogen-bond donors (Lipinski definition) is 5. The summed E-state index contributed by atoms with van der Waals surface area (Å²) in [4.78, 5) is 42.7. The fraction of sp³-hybridized carbons (Fsp3) is 0.606. The van der Waals surface area contributed by atoms with E-state index in [1.807, 2.05) is 46.4 Å². The molecule has 0 aliphatic heterocycles. The summed E-state index contributed by atoms with van der Waals surface area (Å²) >= 11 is 0. The van der Waals surface area contributed by atoms with E-state index in [1.54, 1.807) is 0 Å². The molecule has 13 heteroatoms. The zero-order valence-electron chi connectivity index (χ0n) is 27.5. The molecule has 0 bridgehead atoms. The summed E-state index contributed by atoms with van der Waals surface area (Å²) in [5.41, 5.74) is -1.92. The highest BCUT2D eigenvalue weighted by molar-refractivity contribution is 6.24. The van der Waals surface area contributed by atoms with Gasteiger partial charge in [0.2, 0.25) is 5.78 Å². The number of nitrogens with zero attached hydrogens (tertiary/aromatic N) is 2. The van der Waals surface area contributed by atoms with Crippen molar-refractivity contribution in [2.45, 2.75) is 90.7 Å². The molecule has 3 aliphatic rings. The van der Waals surface area contributed by atoms with Gasteiger partial charge in [-0.05, 0) is 82.3 Å². The van der Waals surface area contributed by atoms with E-state index in [0.29, 0.717) is 13.0 Å². The second kappa shape index (κ2) is 11.4.